The third-order valence-corrected chi connectivity index (χ3v) is 3.69. The molecule has 0 unspecified atom stereocenters. The maximum absolute atomic E-state index is 8.95. The first-order chi connectivity index (χ1) is 8.31. The SMILES string of the molecule is CCCc1ccc(-c2cscn2)s1.COC=O. The summed E-state index contributed by atoms with van der Waals surface area (Å²) in [4.78, 5) is 16.0. The highest BCUT2D eigenvalue weighted by atomic mass is 32.1. The molecule has 2 aromatic heterocycles. The maximum Gasteiger partial charge on any atom is 0.292 e. The number of methoxy groups -OCH3 is 1. The number of carbonyl (C=O) groups excluding carboxylic acids is 1. The number of hydrogen-bond acceptors (Lipinski definition) is 5. The summed E-state index contributed by atoms with van der Waals surface area (Å²) >= 11 is 3.51. The van der Waals surface area contributed by atoms with Crippen molar-refractivity contribution in [3.05, 3.63) is 27.9 Å². The molecule has 0 aliphatic carbocycles. The molecule has 0 spiro atoms. The first kappa shape index (κ1) is 13.9. The molecule has 0 bridgehead atoms. The van der Waals surface area contributed by atoms with E-state index in [1.807, 2.05) is 16.8 Å². The number of rotatable bonds is 4. The van der Waals surface area contributed by atoms with Crippen LogP contribution in [0.2, 0.25) is 0 Å². The smallest absolute Gasteiger partial charge is 0.292 e. The van der Waals surface area contributed by atoms with Gasteiger partial charge in [0.1, 0.15) is 0 Å². The molecule has 92 valence electrons. The molecule has 0 aliphatic heterocycles. The van der Waals surface area contributed by atoms with Crippen LogP contribution < -0.4 is 0 Å². The number of thiophene rings is 1. The van der Waals surface area contributed by atoms with Crippen LogP contribution in [0.4, 0.5) is 0 Å². The van der Waals surface area contributed by atoms with Gasteiger partial charge in [-0.2, -0.15) is 0 Å². The molecule has 0 N–H and O–H groups in total. The Morgan fingerprint density at radius 1 is 1.47 bits per heavy atom. The average molecular weight is 269 g/mol. The van der Waals surface area contributed by atoms with Gasteiger partial charge in [-0.15, -0.1) is 22.7 Å². The Morgan fingerprint density at radius 2 is 2.24 bits per heavy atom. The molecule has 0 saturated carbocycles. The fraction of sp³-hybridized carbons (Fsp3) is 0.333. The van der Waals surface area contributed by atoms with Crippen LogP contribution in [-0.2, 0) is 16.0 Å². The van der Waals surface area contributed by atoms with Crippen molar-refractivity contribution in [2.75, 3.05) is 7.11 Å². The molecule has 2 heterocycles. The maximum atomic E-state index is 8.95. The monoisotopic (exact) mass is 269 g/mol. The Bertz CT molecular complexity index is 423. The summed E-state index contributed by atoms with van der Waals surface area (Å²) in [7, 11) is 1.31. The largest absolute Gasteiger partial charge is 0.471 e. The zero-order chi connectivity index (χ0) is 12.5. The standard InChI is InChI=1S/C10H11NS2.C2H4O2/c1-2-3-8-4-5-10(13-8)9-6-12-7-11-9;1-4-2-3/h4-7H,2-3H2,1H3;2H,1H3. The number of carbonyl (C=O) groups is 1. The molecule has 0 atom stereocenters. The molecule has 5 heteroatoms. The average Bonchev–Trinajstić information content (AvgIpc) is 2.99. The van der Waals surface area contributed by atoms with Crippen molar-refractivity contribution in [3.8, 4) is 10.6 Å². The molecule has 2 aromatic rings. The first-order valence-corrected chi connectivity index (χ1v) is 7.01. The van der Waals surface area contributed by atoms with Crippen molar-refractivity contribution < 1.29 is 9.53 Å². The second-order valence-corrected chi connectivity index (χ2v) is 5.11. The lowest BCUT2D eigenvalue weighted by atomic mass is 10.3. The highest BCUT2D eigenvalue weighted by Crippen LogP contribution is 2.28. The summed E-state index contributed by atoms with van der Waals surface area (Å²) in [6, 6.07) is 4.38. The third-order valence-electron chi connectivity index (χ3n) is 1.94. The van der Waals surface area contributed by atoms with E-state index in [2.05, 4.69) is 34.2 Å². The van der Waals surface area contributed by atoms with Crippen LogP contribution in [0.25, 0.3) is 10.6 Å². The van der Waals surface area contributed by atoms with Crippen LogP contribution in [0.15, 0.2) is 23.0 Å². The Balaban J connectivity index is 0.000000317. The predicted molar refractivity (Wildman–Crippen MR) is 72.5 cm³/mol. The van der Waals surface area contributed by atoms with Gasteiger partial charge in [0, 0.05) is 10.3 Å². The minimum Gasteiger partial charge on any atom is -0.471 e. The quantitative estimate of drug-likeness (QED) is 0.796. The van der Waals surface area contributed by atoms with E-state index < -0.39 is 0 Å². The van der Waals surface area contributed by atoms with Crippen LogP contribution in [0.5, 0.6) is 0 Å². The summed E-state index contributed by atoms with van der Waals surface area (Å²) in [5, 5.41) is 2.10. The Hall–Kier alpha value is -1.20. The summed E-state index contributed by atoms with van der Waals surface area (Å²) in [5.41, 5.74) is 3.01. The molecule has 0 radical (unpaired) electrons. The van der Waals surface area contributed by atoms with Gasteiger partial charge in [0.05, 0.1) is 23.2 Å². The molecule has 0 fully saturated rings. The lowest BCUT2D eigenvalue weighted by Gasteiger charge is -1.89. The molecule has 0 amide bonds. The van der Waals surface area contributed by atoms with Gasteiger partial charge >= 0.3 is 0 Å². The summed E-state index contributed by atoms with van der Waals surface area (Å²) < 4.78 is 3.86. The Morgan fingerprint density at radius 3 is 2.76 bits per heavy atom. The number of nitrogens with zero attached hydrogens (tertiary/aromatic N) is 1. The van der Waals surface area contributed by atoms with Gasteiger partial charge in [-0.05, 0) is 18.6 Å². The number of aromatic nitrogens is 1. The lowest BCUT2D eigenvalue weighted by Crippen LogP contribution is -1.72. The van der Waals surface area contributed by atoms with Gasteiger partial charge < -0.3 is 4.74 Å². The van der Waals surface area contributed by atoms with Crippen molar-refractivity contribution in [2.45, 2.75) is 19.8 Å². The minimum absolute atomic E-state index is 0.375. The van der Waals surface area contributed by atoms with Crippen molar-refractivity contribution in [2.24, 2.45) is 0 Å². The van der Waals surface area contributed by atoms with E-state index in [9.17, 15) is 0 Å². The first-order valence-electron chi connectivity index (χ1n) is 5.25. The van der Waals surface area contributed by atoms with E-state index in [-0.39, 0.29) is 0 Å². The van der Waals surface area contributed by atoms with Crippen LogP contribution in [-0.4, -0.2) is 18.6 Å². The predicted octanol–water partition coefficient (Wildman–Crippen LogP) is 3.61. The van der Waals surface area contributed by atoms with Crippen molar-refractivity contribution in [1.82, 2.24) is 4.98 Å². The highest BCUT2D eigenvalue weighted by Gasteiger charge is 2.03. The topological polar surface area (TPSA) is 39.2 Å². The summed E-state index contributed by atoms with van der Waals surface area (Å²) in [5.74, 6) is 0. The van der Waals surface area contributed by atoms with Crippen LogP contribution in [0.1, 0.15) is 18.2 Å². The van der Waals surface area contributed by atoms with Gasteiger partial charge in [0.25, 0.3) is 6.47 Å². The van der Waals surface area contributed by atoms with Gasteiger partial charge in [-0.1, -0.05) is 13.3 Å². The lowest BCUT2D eigenvalue weighted by molar-refractivity contribution is -0.126. The van der Waals surface area contributed by atoms with Gasteiger partial charge in [0.15, 0.2) is 0 Å². The third kappa shape index (κ3) is 4.66. The summed E-state index contributed by atoms with van der Waals surface area (Å²) in [6.07, 6.45) is 2.41. The fourth-order valence-electron chi connectivity index (χ4n) is 1.23. The number of ether oxygens (including phenoxy) is 1. The number of aryl methyl sites for hydroxylation is 1. The molecule has 0 saturated heterocycles. The van der Waals surface area contributed by atoms with E-state index in [1.165, 1.54) is 29.7 Å². The minimum atomic E-state index is 0.375. The van der Waals surface area contributed by atoms with Crippen molar-refractivity contribution in [3.63, 3.8) is 0 Å². The van der Waals surface area contributed by atoms with Crippen LogP contribution >= 0.6 is 22.7 Å². The Labute approximate surface area is 109 Å². The molecule has 17 heavy (non-hydrogen) atoms. The van der Waals surface area contributed by atoms with Crippen molar-refractivity contribution in [1.29, 1.82) is 0 Å². The number of thiazole rings is 1. The normalized spacial score (nSPS) is 9.29. The van der Waals surface area contributed by atoms with E-state index in [0.717, 1.165) is 5.69 Å². The number of hydrogen-bond donors (Lipinski definition) is 0. The van der Waals surface area contributed by atoms with Crippen LogP contribution in [0.3, 0.4) is 0 Å². The molecular formula is C12H15NO2S2. The Kier molecular flexibility index (Phi) is 6.50. The van der Waals surface area contributed by atoms with E-state index in [4.69, 9.17) is 4.79 Å². The fourth-order valence-corrected chi connectivity index (χ4v) is 2.93. The van der Waals surface area contributed by atoms with Crippen LogP contribution in [0, 0.1) is 0 Å². The van der Waals surface area contributed by atoms with E-state index >= 15 is 0 Å². The molecule has 0 aliphatic rings. The van der Waals surface area contributed by atoms with E-state index in [0.29, 0.717) is 6.47 Å². The highest BCUT2D eigenvalue weighted by molar-refractivity contribution is 7.16. The summed E-state index contributed by atoms with van der Waals surface area (Å²) in [6.45, 7) is 2.59. The molecule has 0 aromatic carbocycles. The van der Waals surface area contributed by atoms with Gasteiger partial charge in [-0.3, -0.25) is 4.79 Å². The zero-order valence-corrected chi connectivity index (χ0v) is 11.5. The van der Waals surface area contributed by atoms with E-state index in [1.54, 1.807) is 11.3 Å². The molecule has 3 nitrogen and oxygen atoms in total. The molecular weight excluding hydrogens is 254 g/mol. The molecule has 2 rings (SSSR count). The second-order valence-electron chi connectivity index (χ2n) is 3.22. The zero-order valence-electron chi connectivity index (χ0n) is 9.88. The van der Waals surface area contributed by atoms with Gasteiger partial charge in [0.2, 0.25) is 0 Å². The van der Waals surface area contributed by atoms with Gasteiger partial charge in [-0.25, -0.2) is 4.98 Å². The van der Waals surface area contributed by atoms with Crippen molar-refractivity contribution >= 4 is 29.1 Å². The second kappa shape index (κ2) is 7.97.